The Morgan fingerprint density at radius 2 is 1.69 bits per heavy atom. The van der Waals surface area contributed by atoms with Crippen LogP contribution in [0.3, 0.4) is 0 Å². The Hall–Kier alpha value is -3.58. The number of aromatic nitrogens is 3. The molecule has 0 bridgehead atoms. The summed E-state index contributed by atoms with van der Waals surface area (Å²) in [6.07, 6.45) is 0. The van der Waals surface area contributed by atoms with Gasteiger partial charge in [0.1, 0.15) is 0 Å². The van der Waals surface area contributed by atoms with Crippen LogP contribution in [0.1, 0.15) is 13.8 Å². The maximum absolute atomic E-state index is 13.6. The van der Waals surface area contributed by atoms with Crippen molar-refractivity contribution in [1.29, 1.82) is 0 Å². The molecule has 0 aliphatic rings. The monoisotopic (exact) mass is 442 g/mol. The molecule has 1 amide bonds. The number of hydrogen-bond donors (Lipinski definition) is 1. The van der Waals surface area contributed by atoms with Gasteiger partial charge in [-0.05, 0) is 50.2 Å². The maximum Gasteiger partial charge on any atom is 0.266 e. The molecule has 2 N–H and O–H groups in total. The molecule has 0 radical (unpaired) electrons. The Bertz CT molecular complexity index is 1570. The first-order valence-electron chi connectivity index (χ1n) is 10.5. The van der Waals surface area contributed by atoms with Crippen LogP contribution in [0.2, 0.25) is 0 Å². The number of nitrogens with zero attached hydrogens (tertiary/aromatic N) is 3. The van der Waals surface area contributed by atoms with Crippen LogP contribution in [0.4, 0.5) is 0 Å². The SMILES string of the molecule is CCn1c2ccccc2c2cc(-n3c(SC(C)C(N)=O)nc4ccccc4c3=O)ccc21. The van der Waals surface area contributed by atoms with Crippen LogP contribution in [0.5, 0.6) is 0 Å². The average molecular weight is 443 g/mol. The van der Waals surface area contributed by atoms with Crippen molar-refractivity contribution in [3.8, 4) is 5.69 Å². The number of carbonyl (C=O) groups is 1. The molecule has 2 aromatic heterocycles. The number of hydrogen-bond acceptors (Lipinski definition) is 4. The van der Waals surface area contributed by atoms with Crippen molar-refractivity contribution in [3.63, 3.8) is 0 Å². The molecular formula is C25H22N4O2S. The molecule has 5 rings (SSSR count). The van der Waals surface area contributed by atoms with Gasteiger partial charge >= 0.3 is 0 Å². The molecule has 0 spiro atoms. The minimum Gasteiger partial charge on any atom is -0.369 e. The Morgan fingerprint density at radius 1 is 1.00 bits per heavy atom. The Balaban J connectivity index is 1.82. The molecule has 0 aliphatic heterocycles. The predicted octanol–water partition coefficient (Wildman–Crippen LogP) is 4.48. The third-order valence-corrected chi connectivity index (χ3v) is 6.83. The van der Waals surface area contributed by atoms with Crippen molar-refractivity contribution < 1.29 is 4.79 Å². The lowest BCUT2D eigenvalue weighted by Crippen LogP contribution is -2.26. The molecule has 0 saturated heterocycles. The van der Waals surface area contributed by atoms with E-state index in [0.29, 0.717) is 21.7 Å². The van der Waals surface area contributed by atoms with E-state index in [-0.39, 0.29) is 5.56 Å². The van der Waals surface area contributed by atoms with Crippen LogP contribution < -0.4 is 11.3 Å². The molecule has 1 atom stereocenters. The van der Waals surface area contributed by atoms with Crippen molar-refractivity contribution >= 4 is 50.4 Å². The number of primary amides is 1. The average Bonchev–Trinajstić information content (AvgIpc) is 3.12. The van der Waals surface area contributed by atoms with E-state index in [1.165, 1.54) is 11.8 Å². The summed E-state index contributed by atoms with van der Waals surface area (Å²) in [4.78, 5) is 30.0. The van der Waals surface area contributed by atoms with Gasteiger partial charge in [0, 0.05) is 28.4 Å². The first-order valence-corrected chi connectivity index (χ1v) is 11.4. The lowest BCUT2D eigenvalue weighted by atomic mass is 10.1. The first-order chi connectivity index (χ1) is 15.5. The van der Waals surface area contributed by atoms with Crippen LogP contribution in [-0.4, -0.2) is 25.3 Å². The fourth-order valence-corrected chi connectivity index (χ4v) is 5.03. The fraction of sp³-hybridized carbons (Fsp3) is 0.160. The van der Waals surface area contributed by atoms with Gasteiger partial charge in [-0.2, -0.15) is 0 Å². The van der Waals surface area contributed by atoms with E-state index in [1.54, 1.807) is 23.6 Å². The largest absolute Gasteiger partial charge is 0.369 e. The molecule has 32 heavy (non-hydrogen) atoms. The summed E-state index contributed by atoms with van der Waals surface area (Å²) in [5.41, 5.74) is 8.89. The number of carbonyl (C=O) groups excluding carboxylic acids is 1. The summed E-state index contributed by atoms with van der Waals surface area (Å²) in [7, 11) is 0. The Labute approximate surface area is 188 Å². The normalized spacial score (nSPS) is 12.6. The van der Waals surface area contributed by atoms with Crippen molar-refractivity contribution in [2.45, 2.75) is 30.8 Å². The van der Waals surface area contributed by atoms with Gasteiger partial charge < -0.3 is 10.3 Å². The lowest BCUT2D eigenvalue weighted by Gasteiger charge is -2.15. The predicted molar refractivity (Wildman–Crippen MR) is 131 cm³/mol. The second-order valence-electron chi connectivity index (χ2n) is 7.68. The van der Waals surface area contributed by atoms with Crippen LogP contribution >= 0.6 is 11.8 Å². The highest BCUT2D eigenvalue weighted by atomic mass is 32.2. The van der Waals surface area contributed by atoms with Gasteiger partial charge in [0.15, 0.2) is 5.16 Å². The number of para-hydroxylation sites is 2. The summed E-state index contributed by atoms with van der Waals surface area (Å²) < 4.78 is 3.85. The minimum atomic E-state index is -0.528. The van der Waals surface area contributed by atoms with Gasteiger partial charge in [-0.25, -0.2) is 4.98 Å². The molecule has 0 saturated carbocycles. The van der Waals surface area contributed by atoms with E-state index in [0.717, 1.165) is 28.4 Å². The molecule has 7 heteroatoms. The highest BCUT2D eigenvalue weighted by Crippen LogP contribution is 2.32. The molecule has 0 aliphatic carbocycles. The third kappa shape index (κ3) is 3.17. The first kappa shape index (κ1) is 20.3. The second-order valence-corrected chi connectivity index (χ2v) is 8.99. The lowest BCUT2D eigenvalue weighted by molar-refractivity contribution is -0.117. The zero-order valence-electron chi connectivity index (χ0n) is 17.8. The fourth-order valence-electron chi connectivity index (χ4n) is 4.16. The summed E-state index contributed by atoms with van der Waals surface area (Å²) in [5, 5.41) is 2.64. The second kappa shape index (κ2) is 7.84. The molecule has 1 unspecified atom stereocenters. The van der Waals surface area contributed by atoms with Gasteiger partial charge in [-0.1, -0.05) is 42.1 Å². The number of fused-ring (bicyclic) bond motifs is 4. The van der Waals surface area contributed by atoms with Crippen LogP contribution in [0.15, 0.2) is 76.7 Å². The van der Waals surface area contributed by atoms with Crippen molar-refractivity contribution in [2.75, 3.05) is 0 Å². The van der Waals surface area contributed by atoms with Crippen molar-refractivity contribution in [1.82, 2.24) is 14.1 Å². The van der Waals surface area contributed by atoms with Gasteiger partial charge in [-0.3, -0.25) is 14.2 Å². The molecule has 2 heterocycles. The highest BCUT2D eigenvalue weighted by molar-refractivity contribution is 8.00. The number of nitrogens with two attached hydrogens (primary N) is 1. The van der Waals surface area contributed by atoms with Crippen LogP contribution in [-0.2, 0) is 11.3 Å². The van der Waals surface area contributed by atoms with Gasteiger partial charge in [0.25, 0.3) is 5.56 Å². The molecular weight excluding hydrogens is 420 g/mol. The Morgan fingerprint density at radius 3 is 2.44 bits per heavy atom. The summed E-state index contributed by atoms with van der Waals surface area (Å²) in [5.74, 6) is -0.453. The van der Waals surface area contributed by atoms with Gasteiger partial charge in [-0.15, -0.1) is 0 Å². The smallest absolute Gasteiger partial charge is 0.266 e. The number of amides is 1. The van der Waals surface area contributed by atoms with E-state index in [9.17, 15) is 9.59 Å². The zero-order valence-corrected chi connectivity index (χ0v) is 18.6. The van der Waals surface area contributed by atoms with Gasteiger partial charge in [0.2, 0.25) is 5.91 Å². The molecule has 3 aromatic carbocycles. The Kier molecular flexibility index (Phi) is 4.98. The quantitative estimate of drug-likeness (QED) is 0.321. The van der Waals surface area contributed by atoms with Crippen molar-refractivity contribution in [3.05, 3.63) is 77.1 Å². The van der Waals surface area contributed by atoms with E-state index in [2.05, 4.69) is 23.6 Å². The van der Waals surface area contributed by atoms with Crippen LogP contribution in [0.25, 0.3) is 38.4 Å². The number of aryl methyl sites for hydroxylation is 1. The molecule has 160 valence electrons. The zero-order chi connectivity index (χ0) is 22.4. The number of thioether (sulfide) groups is 1. The van der Waals surface area contributed by atoms with Crippen LogP contribution in [0, 0.1) is 0 Å². The summed E-state index contributed by atoms with van der Waals surface area (Å²) >= 11 is 1.19. The van der Waals surface area contributed by atoms with E-state index >= 15 is 0 Å². The van der Waals surface area contributed by atoms with Crippen molar-refractivity contribution in [2.24, 2.45) is 5.73 Å². The molecule has 0 fully saturated rings. The number of benzene rings is 3. The van der Waals surface area contributed by atoms with E-state index in [4.69, 9.17) is 10.7 Å². The standard InChI is InChI=1S/C25H22N4O2S/c1-3-28-21-11-7-5-8-17(21)19-14-16(12-13-22(19)28)29-24(31)18-9-4-6-10-20(18)27-25(29)32-15(2)23(26)30/h4-15H,3H2,1-2H3,(H2,26,30). The van der Waals surface area contributed by atoms with E-state index < -0.39 is 11.2 Å². The third-order valence-electron chi connectivity index (χ3n) is 5.76. The minimum absolute atomic E-state index is 0.173. The topological polar surface area (TPSA) is 82.9 Å². The summed E-state index contributed by atoms with van der Waals surface area (Å²) in [6, 6.07) is 21.5. The maximum atomic E-state index is 13.6. The molecule has 5 aromatic rings. The highest BCUT2D eigenvalue weighted by Gasteiger charge is 2.19. The summed E-state index contributed by atoms with van der Waals surface area (Å²) in [6.45, 7) is 4.69. The van der Waals surface area contributed by atoms with E-state index in [1.807, 2.05) is 42.5 Å². The number of rotatable bonds is 5. The molecule has 6 nitrogen and oxygen atoms in total. The van der Waals surface area contributed by atoms with Gasteiger partial charge in [0.05, 0.1) is 21.8 Å².